The Balaban J connectivity index is 2.61. The van der Waals surface area contributed by atoms with Gasteiger partial charge in [0, 0.05) is 6.54 Å². The van der Waals surface area contributed by atoms with Crippen LogP contribution in [0, 0.1) is 0 Å². The van der Waals surface area contributed by atoms with E-state index in [4.69, 9.17) is 0 Å². The highest BCUT2D eigenvalue weighted by Gasteiger charge is 2.29. The minimum atomic E-state index is -4.33. The van der Waals surface area contributed by atoms with Gasteiger partial charge in [0.15, 0.2) is 0 Å². The molecule has 0 radical (unpaired) electrons. The van der Waals surface area contributed by atoms with Gasteiger partial charge in [-0.15, -0.1) is 0 Å². The second-order valence-corrected chi connectivity index (χ2v) is 4.90. The fourth-order valence-electron chi connectivity index (χ4n) is 1.14. The molecule has 1 atom stereocenters. The van der Waals surface area contributed by atoms with Crippen molar-refractivity contribution in [3.05, 3.63) is 35.4 Å². The quantitative estimate of drug-likeness (QED) is 0.854. The van der Waals surface area contributed by atoms with E-state index in [0.717, 1.165) is 12.1 Å². The van der Waals surface area contributed by atoms with Gasteiger partial charge in [-0.2, -0.15) is 13.2 Å². The van der Waals surface area contributed by atoms with Gasteiger partial charge in [0.05, 0.1) is 10.4 Å². The molecule has 0 aliphatic heterocycles. The van der Waals surface area contributed by atoms with Crippen molar-refractivity contribution in [3.8, 4) is 0 Å². The van der Waals surface area contributed by atoms with Gasteiger partial charge < -0.3 is 5.32 Å². The summed E-state index contributed by atoms with van der Waals surface area (Å²) in [5, 5.41) is 2.59. The number of rotatable bonds is 3. The van der Waals surface area contributed by atoms with E-state index in [2.05, 4.69) is 21.2 Å². The monoisotopic (exact) mass is 309 g/mol. The molecule has 0 fully saturated rings. The SMILES string of the molecule is CC(Br)C(=O)NCc1ccc(C(F)(F)F)cc1. The zero-order valence-electron chi connectivity index (χ0n) is 9.01. The third-order valence-corrected chi connectivity index (χ3v) is 2.53. The molecule has 94 valence electrons. The van der Waals surface area contributed by atoms with E-state index in [1.54, 1.807) is 6.92 Å². The van der Waals surface area contributed by atoms with Crippen LogP contribution in [0.25, 0.3) is 0 Å². The smallest absolute Gasteiger partial charge is 0.351 e. The van der Waals surface area contributed by atoms with Gasteiger partial charge in [-0.1, -0.05) is 28.1 Å². The first-order valence-electron chi connectivity index (χ1n) is 4.88. The van der Waals surface area contributed by atoms with Gasteiger partial charge in [-0.3, -0.25) is 4.79 Å². The van der Waals surface area contributed by atoms with Crippen LogP contribution in [-0.4, -0.2) is 10.7 Å². The van der Waals surface area contributed by atoms with Gasteiger partial charge in [0.1, 0.15) is 0 Å². The fourth-order valence-corrected chi connectivity index (χ4v) is 1.30. The maximum absolute atomic E-state index is 12.3. The van der Waals surface area contributed by atoms with Crippen LogP contribution in [0.2, 0.25) is 0 Å². The highest BCUT2D eigenvalue weighted by atomic mass is 79.9. The molecule has 1 aromatic rings. The summed E-state index contributed by atoms with van der Waals surface area (Å²) in [7, 11) is 0. The van der Waals surface area contributed by atoms with Crippen LogP contribution in [0.15, 0.2) is 24.3 Å². The average Bonchev–Trinajstić information content (AvgIpc) is 2.25. The number of carbonyl (C=O) groups is 1. The lowest BCUT2D eigenvalue weighted by Gasteiger charge is -2.09. The molecule has 0 aliphatic carbocycles. The first-order valence-corrected chi connectivity index (χ1v) is 5.80. The summed E-state index contributed by atoms with van der Waals surface area (Å²) in [6, 6.07) is 4.70. The number of nitrogens with one attached hydrogen (secondary N) is 1. The van der Waals surface area contributed by atoms with Crippen LogP contribution in [0.3, 0.4) is 0 Å². The number of halogens is 4. The molecule has 2 nitrogen and oxygen atoms in total. The Bertz CT molecular complexity index is 387. The fraction of sp³-hybridized carbons (Fsp3) is 0.364. The normalized spacial score (nSPS) is 13.2. The predicted molar refractivity (Wildman–Crippen MR) is 61.7 cm³/mol. The molecule has 0 spiro atoms. The largest absolute Gasteiger partial charge is 0.416 e. The van der Waals surface area contributed by atoms with Crippen molar-refractivity contribution in [2.45, 2.75) is 24.5 Å². The highest BCUT2D eigenvalue weighted by Crippen LogP contribution is 2.28. The van der Waals surface area contributed by atoms with Crippen LogP contribution in [0.4, 0.5) is 13.2 Å². The first kappa shape index (κ1) is 14.0. The van der Waals surface area contributed by atoms with Gasteiger partial charge in [0.25, 0.3) is 0 Å². The van der Waals surface area contributed by atoms with Crippen molar-refractivity contribution < 1.29 is 18.0 Å². The Morgan fingerprint density at radius 1 is 1.35 bits per heavy atom. The molecule has 6 heteroatoms. The van der Waals surface area contributed by atoms with E-state index < -0.39 is 11.7 Å². The standard InChI is InChI=1S/C11H11BrF3NO/c1-7(12)10(17)16-6-8-2-4-9(5-3-8)11(13,14)15/h2-5,7H,6H2,1H3,(H,16,17). The molecule has 0 saturated carbocycles. The molecular weight excluding hydrogens is 299 g/mol. The molecule has 0 saturated heterocycles. The lowest BCUT2D eigenvalue weighted by Crippen LogP contribution is -2.28. The van der Waals surface area contributed by atoms with E-state index in [0.29, 0.717) is 5.56 Å². The van der Waals surface area contributed by atoms with Gasteiger partial charge in [-0.25, -0.2) is 0 Å². The lowest BCUT2D eigenvalue weighted by atomic mass is 10.1. The van der Waals surface area contributed by atoms with Crippen molar-refractivity contribution in [1.29, 1.82) is 0 Å². The Kier molecular flexibility index (Phi) is 4.56. The Morgan fingerprint density at radius 3 is 2.29 bits per heavy atom. The summed E-state index contributed by atoms with van der Waals surface area (Å²) in [5.41, 5.74) is -0.0686. The molecule has 1 N–H and O–H groups in total. The average molecular weight is 310 g/mol. The molecule has 0 bridgehead atoms. The second-order valence-electron chi connectivity index (χ2n) is 3.53. The molecule has 17 heavy (non-hydrogen) atoms. The Hall–Kier alpha value is -1.04. The van der Waals surface area contributed by atoms with E-state index >= 15 is 0 Å². The van der Waals surface area contributed by atoms with Crippen molar-refractivity contribution in [2.75, 3.05) is 0 Å². The van der Waals surface area contributed by atoms with Crippen molar-refractivity contribution in [2.24, 2.45) is 0 Å². The van der Waals surface area contributed by atoms with Gasteiger partial charge >= 0.3 is 6.18 Å². The predicted octanol–water partition coefficient (Wildman–Crippen LogP) is 3.11. The number of alkyl halides is 4. The van der Waals surface area contributed by atoms with E-state index in [9.17, 15) is 18.0 Å². The Morgan fingerprint density at radius 2 is 1.88 bits per heavy atom. The minimum absolute atomic E-state index is 0.204. The number of amides is 1. The first-order chi connectivity index (χ1) is 7.80. The van der Waals surface area contributed by atoms with E-state index in [1.165, 1.54) is 12.1 Å². The van der Waals surface area contributed by atoms with Crippen molar-refractivity contribution in [3.63, 3.8) is 0 Å². The summed E-state index contributed by atoms with van der Waals surface area (Å²) in [5.74, 6) is -0.204. The van der Waals surface area contributed by atoms with Crippen LogP contribution in [0.5, 0.6) is 0 Å². The van der Waals surface area contributed by atoms with Crippen LogP contribution < -0.4 is 5.32 Å². The minimum Gasteiger partial charge on any atom is -0.351 e. The molecule has 1 aromatic carbocycles. The topological polar surface area (TPSA) is 29.1 Å². The van der Waals surface area contributed by atoms with Crippen LogP contribution >= 0.6 is 15.9 Å². The Labute approximate surface area is 105 Å². The number of benzene rings is 1. The van der Waals surface area contributed by atoms with Crippen molar-refractivity contribution >= 4 is 21.8 Å². The molecule has 0 aliphatic rings. The lowest BCUT2D eigenvalue weighted by molar-refractivity contribution is -0.137. The van der Waals surface area contributed by atoms with Crippen molar-refractivity contribution in [1.82, 2.24) is 5.32 Å². The number of hydrogen-bond donors (Lipinski definition) is 1. The van der Waals surface area contributed by atoms with E-state index in [1.807, 2.05) is 0 Å². The highest BCUT2D eigenvalue weighted by molar-refractivity contribution is 9.10. The second kappa shape index (κ2) is 5.53. The maximum atomic E-state index is 12.3. The molecule has 1 amide bonds. The summed E-state index contributed by atoms with van der Waals surface area (Å²) in [4.78, 5) is 10.9. The molecule has 0 heterocycles. The third kappa shape index (κ3) is 4.38. The molecule has 1 rings (SSSR count). The number of hydrogen-bond acceptors (Lipinski definition) is 1. The summed E-state index contributed by atoms with van der Waals surface area (Å²) in [6.07, 6.45) is -4.33. The summed E-state index contributed by atoms with van der Waals surface area (Å²) < 4.78 is 36.8. The third-order valence-electron chi connectivity index (χ3n) is 2.11. The summed E-state index contributed by atoms with van der Waals surface area (Å²) in [6.45, 7) is 1.88. The summed E-state index contributed by atoms with van der Waals surface area (Å²) >= 11 is 3.09. The zero-order chi connectivity index (χ0) is 13.1. The van der Waals surface area contributed by atoms with Crippen LogP contribution in [0.1, 0.15) is 18.1 Å². The van der Waals surface area contributed by atoms with Gasteiger partial charge in [0.2, 0.25) is 5.91 Å². The molecule has 0 aromatic heterocycles. The molecule has 1 unspecified atom stereocenters. The van der Waals surface area contributed by atoms with E-state index in [-0.39, 0.29) is 17.3 Å². The van der Waals surface area contributed by atoms with Gasteiger partial charge in [-0.05, 0) is 24.6 Å². The number of carbonyl (C=O) groups excluding carboxylic acids is 1. The zero-order valence-corrected chi connectivity index (χ0v) is 10.6. The van der Waals surface area contributed by atoms with Crippen LogP contribution in [-0.2, 0) is 17.5 Å². The maximum Gasteiger partial charge on any atom is 0.416 e. The molecular formula is C11H11BrF3NO.